The van der Waals surface area contributed by atoms with Crippen LogP contribution < -0.4 is 5.73 Å². The van der Waals surface area contributed by atoms with Crippen molar-refractivity contribution in [3.63, 3.8) is 0 Å². The summed E-state index contributed by atoms with van der Waals surface area (Å²) in [5.74, 6) is 0.957. The molecule has 0 fully saturated rings. The molecule has 5 heteroatoms. The standard InChI is InChI=1S/C9H13N5/c1-6-11-5-8(14(6)2)9(10)7-3-12-13-4-7/h3-5,9H,10H2,1-2H3,(H,12,13). The number of aromatic amines is 1. The molecule has 2 heterocycles. The van der Waals surface area contributed by atoms with Gasteiger partial charge in [-0.3, -0.25) is 5.10 Å². The number of hydrogen-bond acceptors (Lipinski definition) is 3. The number of aromatic nitrogens is 4. The Bertz CT molecular complexity index is 414. The Morgan fingerprint density at radius 1 is 1.50 bits per heavy atom. The third-order valence-corrected chi connectivity index (χ3v) is 2.45. The van der Waals surface area contributed by atoms with Crippen molar-refractivity contribution < 1.29 is 0 Å². The van der Waals surface area contributed by atoms with E-state index < -0.39 is 0 Å². The van der Waals surface area contributed by atoms with E-state index in [2.05, 4.69) is 15.2 Å². The maximum absolute atomic E-state index is 6.05. The van der Waals surface area contributed by atoms with Crippen LogP contribution in [0.2, 0.25) is 0 Å². The molecule has 0 aliphatic heterocycles. The zero-order valence-corrected chi connectivity index (χ0v) is 8.23. The lowest BCUT2D eigenvalue weighted by atomic mass is 10.1. The van der Waals surface area contributed by atoms with E-state index in [1.165, 1.54) is 0 Å². The molecule has 0 amide bonds. The first-order chi connectivity index (χ1) is 6.70. The molecule has 5 nitrogen and oxygen atoms in total. The van der Waals surface area contributed by atoms with Crippen LogP contribution in [0.1, 0.15) is 23.1 Å². The monoisotopic (exact) mass is 191 g/mol. The predicted molar refractivity (Wildman–Crippen MR) is 52.6 cm³/mol. The van der Waals surface area contributed by atoms with Crippen molar-refractivity contribution in [1.29, 1.82) is 0 Å². The number of rotatable bonds is 2. The molecule has 1 unspecified atom stereocenters. The Kier molecular flexibility index (Phi) is 2.09. The van der Waals surface area contributed by atoms with Gasteiger partial charge in [-0.15, -0.1) is 0 Å². The van der Waals surface area contributed by atoms with Crippen molar-refractivity contribution in [2.24, 2.45) is 12.8 Å². The summed E-state index contributed by atoms with van der Waals surface area (Å²) in [5.41, 5.74) is 8.01. The smallest absolute Gasteiger partial charge is 0.105 e. The van der Waals surface area contributed by atoms with Crippen LogP contribution in [0.15, 0.2) is 18.6 Å². The summed E-state index contributed by atoms with van der Waals surface area (Å²) >= 11 is 0. The molecule has 0 radical (unpaired) electrons. The van der Waals surface area contributed by atoms with Gasteiger partial charge in [0, 0.05) is 18.8 Å². The minimum atomic E-state index is -0.167. The van der Waals surface area contributed by atoms with E-state index in [0.717, 1.165) is 17.1 Å². The summed E-state index contributed by atoms with van der Waals surface area (Å²) in [6, 6.07) is -0.167. The van der Waals surface area contributed by atoms with Crippen LogP contribution in [0.3, 0.4) is 0 Å². The first-order valence-corrected chi connectivity index (χ1v) is 4.42. The number of nitrogens with zero attached hydrogens (tertiary/aromatic N) is 3. The summed E-state index contributed by atoms with van der Waals surface area (Å²) in [5, 5.41) is 6.62. The van der Waals surface area contributed by atoms with Gasteiger partial charge in [-0.05, 0) is 6.92 Å². The quantitative estimate of drug-likeness (QED) is 0.726. The summed E-state index contributed by atoms with van der Waals surface area (Å²) in [6.45, 7) is 1.95. The van der Waals surface area contributed by atoms with E-state index in [0.29, 0.717) is 0 Å². The zero-order valence-electron chi connectivity index (χ0n) is 8.23. The van der Waals surface area contributed by atoms with Gasteiger partial charge in [0.2, 0.25) is 0 Å². The maximum Gasteiger partial charge on any atom is 0.105 e. The van der Waals surface area contributed by atoms with Gasteiger partial charge in [0.05, 0.1) is 24.1 Å². The first kappa shape index (κ1) is 8.96. The summed E-state index contributed by atoms with van der Waals surface area (Å²) in [7, 11) is 1.96. The highest BCUT2D eigenvalue weighted by atomic mass is 15.1. The summed E-state index contributed by atoms with van der Waals surface area (Å²) in [4.78, 5) is 4.20. The molecule has 1 atom stereocenters. The van der Waals surface area contributed by atoms with Crippen LogP contribution in [-0.2, 0) is 7.05 Å². The molecule has 2 aromatic rings. The molecule has 2 aromatic heterocycles. The van der Waals surface area contributed by atoms with Gasteiger partial charge < -0.3 is 10.3 Å². The molecular formula is C9H13N5. The van der Waals surface area contributed by atoms with Gasteiger partial charge in [-0.1, -0.05) is 0 Å². The van der Waals surface area contributed by atoms with E-state index in [1.807, 2.05) is 18.5 Å². The molecular weight excluding hydrogens is 178 g/mol. The van der Waals surface area contributed by atoms with Crippen LogP contribution in [0, 0.1) is 6.92 Å². The van der Waals surface area contributed by atoms with E-state index in [9.17, 15) is 0 Å². The minimum Gasteiger partial charge on any atom is -0.334 e. The molecule has 0 saturated carbocycles. The number of nitrogens with one attached hydrogen (secondary N) is 1. The largest absolute Gasteiger partial charge is 0.334 e. The number of nitrogens with two attached hydrogens (primary N) is 1. The van der Waals surface area contributed by atoms with E-state index in [4.69, 9.17) is 5.73 Å². The Morgan fingerprint density at radius 2 is 2.29 bits per heavy atom. The van der Waals surface area contributed by atoms with Crippen LogP contribution in [0.5, 0.6) is 0 Å². The molecule has 0 aromatic carbocycles. The van der Waals surface area contributed by atoms with Gasteiger partial charge in [0.15, 0.2) is 0 Å². The maximum atomic E-state index is 6.05. The zero-order chi connectivity index (χ0) is 10.1. The van der Waals surface area contributed by atoms with E-state index >= 15 is 0 Å². The van der Waals surface area contributed by atoms with Gasteiger partial charge in [-0.2, -0.15) is 5.10 Å². The Morgan fingerprint density at radius 3 is 2.79 bits per heavy atom. The second-order valence-corrected chi connectivity index (χ2v) is 3.30. The molecule has 0 bridgehead atoms. The Labute approximate surface area is 82.0 Å². The molecule has 0 aliphatic carbocycles. The van der Waals surface area contributed by atoms with Gasteiger partial charge in [0.25, 0.3) is 0 Å². The number of H-pyrrole nitrogens is 1. The third-order valence-electron chi connectivity index (χ3n) is 2.45. The van der Waals surface area contributed by atoms with Crippen molar-refractivity contribution in [3.8, 4) is 0 Å². The molecule has 14 heavy (non-hydrogen) atoms. The van der Waals surface area contributed by atoms with Crippen LogP contribution in [0.25, 0.3) is 0 Å². The van der Waals surface area contributed by atoms with Crippen molar-refractivity contribution >= 4 is 0 Å². The molecule has 0 saturated heterocycles. The highest BCUT2D eigenvalue weighted by molar-refractivity contribution is 5.22. The molecule has 2 rings (SSSR count). The van der Waals surface area contributed by atoms with Crippen molar-refractivity contribution in [3.05, 3.63) is 35.7 Å². The summed E-state index contributed by atoms with van der Waals surface area (Å²) < 4.78 is 1.98. The fourth-order valence-electron chi connectivity index (χ4n) is 1.41. The second kappa shape index (κ2) is 3.26. The van der Waals surface area contributed by atoms with Crippen molar-refractivity contribution in [1.82, 2.24) is 19.7 Å². The first-order valence-electron chi connectivity index (χ1n) is 4.42. The summed E-state index contributed by atoms with van der Waals surface area (Å²) in [6.07, 6.45) is 5.33. The topological polar surface area (TPSA) is 72.5 Å². The lowest BCUT2D eigenvalue weighted by Crippen LogP contribution is -2.15. The van der Waals surface area contributed by atoms with Crippen LogP contribution >= 0.6 is 0 Å². The van der Waals surface area contributed by atoms with E-state index in [1.54, 1.807) is 18.6 Å². The molecule has 3 N–H and O–H groups in total. The fraction of sp³-hybridized carbons (Fsp3) is 0.333. The minimum absolute atomic E-state index is 0.167. The second-order valence-electron chi connectivity index (χ2n) is 3.30. The molecule has 74 valence electrons. The lowest BCUT2D eigenvalue weighted by molar-refractivity contribution is 0.729. The average Bonchev–Trinajstić information content (AvgIpc) is 2.77. The predicted octanol–water partition coefficient (Wildman–Crippen LogP) is 0.500. The molecule has 0 spiro atoms. The van der Waals surface area contributed by atoms with Crippen LogP contribution in [0.4, 0.5) is 0 Å². The lowest BCUT2D eigenvalue weighted by Gasteiger charge is -2.10. The number of imidazole rings is 1. The van der Waals surface area contributed by atoms with E-state index in [-0.39, 0.29) is 6.04 Å². The van der Waals surface area contributed by atoms with Crippen molar-refractivity contribution in [2.75, 3.05) is 0 Å². The molecule has 0 aliphatic rings. The average molecular weight is 191 g/mol. The van der Waals surface area contributed by atoms with Gasteiger partial charge in [0.1, 0.15) is 5.82 Å². The Hall–Kier alpha value is -1.62. The van der Waals surface area contributed by atoms with Crippen molar-refractivity contribution in [2.45, 2.75) is 13.0 Å². The fourth-order valence-corrected chi connectivity index (χ4v) is 1.41. The Balaban J connectivity index is 2.36. The number of aryl methyl sites for hydroxylation is 1. The van der Waals surface area contributed by atoms with Gasteiger partial charge >= 0.3 is 0 Å². The van der Waals surface area contributed by atoms with Crippen LogP contribution in [-0.4, -0.2) is 19.7 Å². The number of hydrogen-bond donors (Lipinski definition) is 2. The SMILES string of the molecule is Cc1ncc(C(N)c2cn[nH]c2)n1C. The van der Waals surface area contributed by atoms with Gasteiger partial charge in [-0.25, -0.2) is 4.98 Å². The highest BCUT2D eigenvalue weighted by Gasteiger charge is 2.14. The normalized spacial score (nSPS) is 13.1. The highest BCUT2D eigenvalue weighted by Crippen LogP contribution is 2.18. The third kappa shape index (κ3) is 1.31.